The summed E-state index contributed by atoms with van der Waals surface area (Å²) >= 11 is 0. The van der Waals surface area contributed by atoms with Crippen LogP contribution >= 0.6 is 0 Å². The third-order valence-corrected chi connectivity index (χ3v) is 3.20. The van der Waals surface area contributed by atoms with E-state index in [0.29, 0.717) is 0 Å². The molecule has 0 bridgehead atoms. The number of esters is 2. The van der Waals surface area contributed by atoms with Gasteiger partial charge in [0.2, 0.25) is 0 Å². The van der Waals surface area contributed by atoms with E-state index in [-0.39, 0.29) is 104 Å². The molecule has 0 heterocycles. The Morgan fingerprint density at radius 2 is 1.14 bits per heavy atom. The molecule has 3 unspecified atom stereocenters. The Bertz CT molecular complexity index is 428. The lowest BCUT2D eigenvalue weighted by atomic mass is 10.3. The van der Waals surface area contributed by atoms with Crippen molar-refractivity contribution in [2.24, 2.45) is 0 Å². The first-order chi connectivity index (χ1) is 13.0. The SMILES string of the molecule is C.C.C.C.C.C.C.C.C.C=CC(=O)OCCNC(=O)OC(C)CC.CCC(C)O.CCC(C)OC(C)=O. The summed E-state index contributed by atoms with van der Waals surface area (Å²) in [4.78, 5) is 31.8. The second-order valence-corrected chi connectivity index (χ2v) is 6.01. The Hall–Kier alpha value is -2.09. The molecule has 0 aromatic carbocycles. The number of amides is 1. The lowest BCUT2D eigenvalue weighted by molar-refractivity contribution is -0.145. The van der Waals surface area contributed by atoms with E-state index in [1.165, 1.54) is 6.92 Å². The zero-order valence-electron chi connectivity index (χ0n) is 18.4. The van der Waals surface area contributed by atoms with Gasteiger partial charge in [-0.05, 0) is 40.0 Å². The molecule has 8 heteroatoms. The molecule has 2 N–H and O–H groups in total. The second-order valence-electron chi connectivity index (χ2n) is 6.01. The van der Waals surface area contributed by atoms with Crippen molar-refractivity contribution in [3.8, 4) is 0 Å². The van der Waals surface area contributed by atoms with Crippen LogP contribution in [0.2, 0.25) is 0 Å². The lowest BCUT2D eigenvalue weighted by Crippen LogP contribution is -2.30. The quantitative estimate of drug-likeness (QED) is 0.128. The van der Waals surface area contributed by atoms with Crippen molar-refractivity contribution in [1.29, 1.82) is 0 Å². The number of aliphatic hydroxyl groups excluding tert-OH is 1. The van der Waals surface area contributed by atoms with Gasteiger partial charge in [-0.25, -0.2) is 9.59 Å². The van der Waals surface area contributed by atoms with E-state index >= 15 is 0 Å². The van der Waals surface area contributed by atoms with Crippen molar-refractivity contribution >= 4 is 18.0 Å². The summed E-state index contributed by atoms with van der Waals surface area (Å²) in [7, 11) is 0. The first-order valence-corrected chi connectivity index (χ1v) is 9.62. The second kappa shape index (κ2) is 54.7. The molecule has 0 aliphatic heterocycles. The molecule has 1 amide bonds. The maximum atomic E-state index is 11.0. The van der Waals surface area contributed by atoms with Gasteiger partial charge in [0.05, 0.1) is 18.8 Å². The van der Waals surface area contributed by atoms with E-state index in [9.17, 15) is 14.4 Å². The highest BCUT2D eigenvalue weighted by Gasteiger charge is 2.06. The van der Waals surface area contributed by atoms with Gasteiger partial charge in [0.15, 0.2) is 0 Å². The Morgan fingerprint density at radius 1 is 0.784 bits per heavy atom. The van der Waals surface area contributed by atoms with E-state index in [2.05, 4.69) is 16.6 Å². The molecule has 0 saturated carbocycles. The van der Waals surface area contributed by atoms with E-state index in [1.807, 2.05) is 27.7 Å². The summed E-state index contributed by atoms with van der Waals surface area (Å²) < 4.78 is 14.3. The molecular weight excluding hydrogens is 474 g/mol. The highest BCUT2D eigenvalue weighted by molar-refractivity contribution is 5.81. The minimum atomic E-state index is -0.507. The van der Waals surface area contributed by atoms with Crippen LogP contribution in [0, 0.1) is 0 Å². The summed E-state index contributed by atoms with van der Waals surface area (Å²) in [6, 6.07) is 0. The van der Waals surface area contributed by atoms with Crippen molar-refractivity contribution in [2.75, 3.05) is 13.2 Å². The van der Waals surface area contributed by atoms with Crippen LogP contribution in [0.25, 0.3) is 0 Å². The molecular formula is C29H75NO7. The van der Waals surface area contributed by atoms with Gasteiger partial charge in [0.1, 0.15) is 12.7 Å². The molecule has 238 valence electrons. The van der Waals surface area contributed by atoms with Crippen LogP contribution < -0.4 is 5.32 Å². The van der Waals surface area contributed by atoms with Gasteiger partial charge in [0.25, 0.3) is 0 Å². The van der Waals surface area contributed by atoms with Crippen LogP contribution in [0.4, 0.5) is 4.79 Å². The van der Waals surface area contributed by atoms with Crippen LogP contribution in [0.1, 0.15) is 135 Å². The highest BCUT2D eigenvalue weighted by atomic mass is 16.6. The Balaban J connectivity index is -0.0000000251. The normalized spacial score (nSPS) is 9.41. The molecule has 0 rings (SSSR count). The number of carbonyl (C=O) groups is 3. The Labute approximate surface area is 236 Å². The lowest BCUT2D eigenvalue weighted by Gasteiger charge is -2.11. The van der Waals surface area contributed by atoms with Crippen molar-refractivity contribution in [3.63, 3.8) is 0 Å². The number of alkyl carbamates (subject to hydrolysis) is 1. The summed E-state index contributed by atoms with van der Waals surface area (Å²) in [5.74, 6) is -0.702. The van der Waals surface area contributed by atoms with E-state index < -0.39 is 12.1 Å². The predicted octanol–water partition coefficient (Wildman–Crippen LogP) is 9.09. The van der Waals surface area contributed by atoms with Crippen molar-refractivity contribution in [2.45, 2.75) is 153 Å². The zero-order chi connectivity index (χ0) is 22.5. The Kier molecular flexibility index (Phi) is 113. The maximum Gasteiger partial charge on any atom is 0.407 e. The van der Waals surface area contributed by atoms with Gasteiger partial charge in [0, 0.05) is 13.0 Å². The van der Waals surface area contributed by atoms with E-state index in [4.69, 9.17) is 14.6 Å². The van der Waals surface area contributed by atoms with Crippen molar-refractivity contribution in [3.05, 3.63) is 12.7 Å². The summed E-state index contributed by atoms with van der Waals surface area (Å²) in [6.45, 7) is 16.3. The number of nitrogens with one attached hydrogen (secondary N) is 1. The molecule has 8 nitrogen and oxygen atoms in total. The number of ether oxygens (including phenoxy) is 3. The molecule has 0 radical (unpaired) electrons. The minimum Gasteiger partial charge on any atom is -0.463 e. The molecule has 0 aliphatic carbocycles. The first kappa shape index (κ1) is 76.5. The maximum absolute atomic E-state index is 11.0. The smallest absolute Gasteiger partial charge is 0.407 e. The fourth-order valence-corrected chi connectivity index (χ4v) is 1.04. The summed E-state index contributed by atoms with van der Waals surface area (Å²) in [5, 5.41) is 10.8. The summed E-state index contributed by atoms with van der Waals surface area (Å²) in [5.41, 5.74) is 0. The van der Waals surface area contributed by atoms with Gasteiger partial charge in [-0.3, -0.25) is 4.79 Å². The standard InChI is InChI=1S/C10H17NO4.C6H12O2.C4H10O.9CH4/c1-4-8(3)15-10(13)11-6-7-14-9(12)5-2;1-4-5(2)8-6(3)7;1-3-4(2)5;;;;;;;;;/h5,8H,2,4,6-7H2,1,3H3,(H,11,13);5H,4H2,1-3H3;4-5H,3H2,1-2H3;9*1H4. The first-order valence-electron chi connectivity index (χ1n) is 9.62. The molecule has 37 heavy (non-hydrogen) atoms. The third kappa shape index (κ3) is 79.0. The molecule has 0 aromatic heterocycles. The number of hydrogen-bond donors (Lipinski definition) is 2. The highest BCUT2D eigenvalue weighted by Crippen LogP contribution is 1.95. The van der Waals surface area contributed by atoms with Crippen LogP contribution in [-0.2, 0) is 23.8 Å². The van der Waals surface area contributed by atoms with E-state index in [0.717, 1.165) is 25.3 Å². The molecule has 0 fully saturated rings. The van der Waals surface area contributed by atoms with Crippen molar-refractivity contribution in [1.82, 2.24) is 5.32 Å². The average Bonchev–Trinajstić information content (AvgIpc) is 2.65. The van der Waals surface area contributed by atoms with Crippen LogP contribution in [-0.4, -0.2) is 54.6 Å². The fraction of sp³-hybridized carbons (Fsp3) is 0.828. The molecule has 0 aliphatic rings. The van der Waals surface area contributed by atoms with Gasteiger partial charge < -0.3 is 24.6 Å². The largest absolute Gasteiger partial charge is 0.463 e. The topological polar surface area (TPSA) is 111 Å². The van der Waals surface area contributed by atoms with Gasteiger partial charge in [-0.1, -0.05) is 94.2 Å². The van der Waals surface area contributed by atoms with Gasteiger partial charge in [-0.15, -0.1) is 0 Å². The average molecular weight is 550 g/mol. The van der Waals surface area contributed by atoms with Crippen LogP contribution in [0.5, 0.6) is 0 Å². The van der Waals surface area contributed by atoms with E-state index in [1.54, 1.807) is 13.8 Å². The zero-order valence-corrected chi connectivity index (χ0v) is 18.4. The molecule has 0 saturated heterocycles. The van der Waals surface area contributed by atoms with Crippen LogP contribution in [0.3, 0.4) is 0 Å². The number of hydrogen-bond acceptors (Lipinski definition) is 7. The van der Waals surface area contributed by atoms with Gasteiger partial charge in [-0.2, -0.15) is 0 Å². The summed E-state index contributed by atoms with van der Waals surface area (Å²) in [6.07, 6.45) is 2.93. The van der Waals surface area contributed by atoms with Crippen molar-refractivity contribution < 1.29 is 33.7 Å². The monoisotopic (exact) mass is 550 g/mol. The minimum absolute atomic E-state index is 0. The number of rotatable bonds is 9. The molecule has 3 atom stereocenters. The molecule has 0 spiro atoms. The number of aliphatic hydroxyl groups is 1. The van der Waals surface area contributed by atoms with Gasteiger partial charge >= 0.3 is 18.0 Å². The third-order valence-electron chi connectivity index (χ3n) is 3.20. The molecule has 0 aromatic rings. The van der Waals surface area contributed by atoms with Crippen LogP contribution in [0.15, 0.2) is 12.7 Å². The predicted molar refractivity (Wildman–Crippen MR) is 169 cm³/mol. The Morgan fingerprint density at radius 3 is 1.38 bits per heavy atom. The number of carbonyl (C=O) groups excluding carboxylic acids is 3. The fourth-order valence-electron chi connectivity index (χ4n) is 1.04.